The predicted molar refractivity (Wildman–Crippen MR) is 51.3 cm³/mol. The second kappa shape index (κ2) is 3.95. The maximum absolute atomic E-state index is 7.73. The van der Waals surface area contributed by atoms with Crippen molar-refractivity contribution >= 4 is 5.96 Å². The highest BCUT2D eigenvalue weighted by molar-refractivity contribution is 5.79. The molecule has 0 atom stereocenters. The summed E-state index contributed by atoms with van der Waals surface area (Å²) in [5, 5.41) is 7.73. The Hall–Kier alpha value is -1.25. The first kappa shape index (κ1) is 8.84. The summed E-state index contributed by atoms with van der Waals surface area (Å²) in [5.74, 6) is 0.592. The van der Waals surface area contributed by atoms with Gasteiger partial charge in [0.15, 0.2) is 5.96 Å². The summed E-state index contributed by atoms with van der Waals surface area (Å²) in [4.78, 5) is 3.99. The van der Waals surface area contributed by atoms with Crippen LogP contribution in [0.25, 0.3) is 0 Å². The van der Waals surface area contributed by atoms with Gasteiger partial charge in [0.05, 0.1) is 0 Å². The molecule has 12 heavy (non-hydrogen) atoms. The van der Waals surface area contributed by atoms with Crippen LogP contribution in [0.1, 0.15) is 0 Å². The lowest BCUT2D eigenvalue weighted by molar-refractivity contribution is 0.509. The molecule has 0 radical (unpaired) electrons. The maximum Gasteiger partial charge on any atom is 0.194 e. The van der Waals surface area contributed by atoms with Gasteiger partial charge in [0, 0.05) is 26.2 Å². The Balaban J connectivity index is 2.48. The molecule has 3 nitrogen and oxygen atoms in total. The number of nitrogens with zero attached hydrogens (tertiary/aromatic N) is 2. The Kier molecular flexibility index (Phi) is 2.91. The minimum atomic E-state index is 0.592. The Bertz CT molecular complexity index is 178. The van der Waals surface area contributed by atoms with Gasteiger partial charge in [-0.15, -0.1) is 13.2 Å². The van der Waals surface area contributed by atoms with E-state index in [0.717, 1.165) is 26.2 Å². The van der Waals surface area contributed by atoms with E-state index < -0.39 is 0 Å². The van der Waals surface area contributed by atoms with Gasteiger partial charge in [0.1, 0.15) is 0 Å². The zero-order valence-electron chi connectivity index (χ0n) is 7.29. The van der Waals surface area contributed by atoms with Crippen LogP contribution in [-0.2, 0) is 0 Å². The molecule has 0 bridgehead atoms. The highest BCUT2D eigenvalue weighted by atomic mass is 15.4. The van der Waals surface area contributed by atoms with Crippen molar-refractivity contribution in [3.8, 4) is 0 Å². The van der Waals surface area contributed by atoms with Gasteiger partial charge in [0.25, 0.3) is 0 Å². The van der Waals surface area contributed by atoms with Crippen molar-refractivity contribution in [1.82, 2.24) is 9.80 Å². The Morgan fingerprint density at radius 3 is 1.92 bits per heavy atom. The second-order valence-corrected chi connectivity index (χ2v) is 2.79. The smallest absolute Gasteiger partial charge is 0.194 e. The maximum atomic E-state index is 7.73. The van der Waals surface area contributed by atoms with Gasteiger partial charge in [-0.3, -0.25) is 5.41 Å². The topological polar surface area (TPSA) is 30.3 Å². The van der Waals surface area contributed by atoms with Crippen LogP contribution in [-0.4, -0.2) is 41.9 Å². The molecular weight excluding hydrogens is 150 g/mol. The quantitative estimate of drug-likeness (QED) is 0.628. The van der Waals surface area contributed by atoms with Crippen molar-refractivity contribution < 1.29 is 0 Å². The summed E-state index contributed by atoms with van der Waals surface area (Å²) in [7, 11) is 0. The van der Waals surface area contributed by atoms with E-state index in [0.29, 0.717) is 5.96 Å². The van der Waals surface area contributed by atoms with Crippen molar-refractivity contribution in [2.45, 2.75) is 0 Å². The molecule has 0 aromatic rings. The van der Waals surface area contributed by atoms with Crippen LogP contribution >= 0.6 is 0 Å². The number of hydrogen-bond acceptors (Lipinski definition) is 1. The van der Waals surface area contributed by atoms with Crippen LogP contribution in [0.2, 0.25) is 0 Å². The predicted octanol–water partition coefficient (Wildman–Crippen LogP) is 0.911. The van der Waals surface area contributed by atoms with Crippen molar-refractivity contribution in [2.24, 2.45) is 0 Å². The van der Waals surface area contributed by atoms with Gasteiger partial charge >= 0.3 is 0 Å². The van der Waals surface area contributed by atoms with Gasteiger partial charge in [0.2, 0.25) is 0 Å². The third-order valence-electron chi connectivity index (χ3n) is 1.94. The molecule has 1 rings (SSSR count). The molecular formula is C9H15N3. The molecule has 1 heterocycles. The summed E-state index contributed by atoms with van der Waals surface area (Å²) in [5.41, 5.74) is 0. The minimum absolute atomic E-state index is 0.592. The average Bonchev–Trinajstić information content (AvgIpc) is 2.38. The number of rotatable bonds is 4. The van der Waals surface area contributed by atoms with Gasteiger partial charge in [-0.1, -0.05) is 12.2 Å². The first-order valence-corrected chi connectivity index (χ1v) is 4.10. The highest BCUT2D eigenvalue weighted by Gasteiger charge is 2.22. The lowest BCUT2D eigenvalue weighted by Gasteiger charge is -2.18. The molecule has 0 unspecified atom stereocenters. The van der Waals surface area contributed by atoms with E-state index in [-0.39, 0.29) is 0 Å². The van der Waals surface area contributed by atoms with E-state index >= 15 is 0 Å². The molecule has 3 heteroatoms. The summed E-state index contributed by atoms with van der Waals surface area (Å²) >= 11 is 0. The SMILES string of the molecule is C=CCN1CCN(CC=C)C1=N. The van der Waals surface area contributed by atoms with Crippen LogP contribution in [0.4, 0.5) is 0 Å². The molecule has 1 aliphatic rings. The van der Waals surface area contributed by atoms with E-state index in [2.05, 4.69) is 13.2 Å². The third-order valence-corrected chi connectivity index (χ3v) is 1.94. The van der Waals surface area contributed by atoms with Crippen LogP contribution in [0.3, 0.4) is 0 Å². The Morgan fingerprint density at radius 2 is 1.58 bits per heavy atom. The molecule has 1 N–H and O–H groups in total. The molecule has 1 aliphatic heterocycles. The summed E-state index contributed by atoms with van der Waals surface area (Å²) in [6.07, 6.45) is 3.65. The molecule has 0 amide bonds. The molecule has 0 aliphatic carbocycles. The van der Waals surface area contributed by atoms with Crippen LogP contribution in [0.15, 0.2) is 25.3 Å². The van der Waals surface area contributed by atoms with Gasteiger partial charge in [-0.05, 0) is 0 Å². The fourth-order valence-electron chi connectivity index (χ4n) is 1.32. The van der Waals surface area contributed by atoms with Crippen LogP contribution in [0.5, 0.6) is 0 Å². The van der Waals surface area contributed by atoms with Crippen LogP contribution < -0.4 is 0 Å². The number of nitrogens with one attached hydrogen (secondary N) is 1. The molecule has 1 fully saturated rings. The van der Waals surface area contributed by atoms with E-state index in [1.54, 1.807) is 0 Å². The second-order valence-electron chi connectivity index (χ2n) is 2.79. The molecule has 0 spiro atoms. The molecule has 66 valence electrons. The molecule has 1 saturated heterocycles. The van der Waals surface area contributed by atoms with E-state index in [1.807, 2.05) is 22.0 Å². The number of hydrogen-bond donors (Lipinski definition) is 1. The Morgan fingerprint density at radius 1 is 1.17 bits per heavy atom. The highest BCUT2D eigenvalue weighted by Crippen LogP contribution is 2.06. The lowest BCUT2D eigenvalue weighted by Crippen LogP contribution is -2.32. The molecule has 0 aromatic heterocycles. The number of guanidine groups is 1. The normalized spacial score (nSPS) is 16.8. The van der Waals surface area contributed by atoms with Gasteiger partial charge in [-0.2, -0.15) is 0 Å². The monoisotopic (exact) mass is 165 g/mol. The summed E-state index contributed by atoms with van der Waals surface area (Å²) in [6, 6.07) is 0. The average molecular weight is 165 g/mol. The lowest BCUT2D eigenvalue weighted by atomic mass is 10.5. The van der Waals surface area contributed by atoms with Gasteiger partial charge < -0.3 is 9.80 Å². The van der Waals surface area contributed by atoms with Crippen LogP contribution in [0, 0.1) is 5.41 Å². The van der Waals surface area contributed by atoms with Crippen molar-refractivity contribution in [1.29, 1.82) is 5.41 Å². The van der Waals surface area contributed by atoms with Crippen molar-refractivity contribution in [3.05, 3.63) is 25.3 Å². The Labute approximate surface area is 73.5 Å². The zero-order chi connectivity index (χ0) is 8.97. The third kappa shape index (κ3) is 1.67. The summed E-state index contributed by atoms with van der Waals surface area (Å²) in [6.45, 7) is 10.7. The van der Waals surface area contributed by atoms with Crippen molar-refractivity contribution in [2.75, 3.05) is 26.2 Å². The van der Waals surface area contributed by atoms with Gasteiger partial charge in [-0.25, -0.2) is 0 Å². The summed E-state index contributed by atoms with van der Waals surface area (Å²) < 4.78 is 0. The zero-order valence-corrected chi connectivity index (χ0v) is 7.29. The largest absolute Gasteiger partial charge is 0.338 e. The fraction of sp³-hybridized carbons (Fsp3) is 0.444. The molecule has 0 aromatic carbocycles. The first-order chi connectivity index (χ1) is 5.79. The standard InChI is InChI=1S/C9H15N3/c1-3-5-11-7-8-12(6-4-2)9(11)10/h3-4,10H,1-2,5-8H2. The van der Waals surface area contributed by atoms with E-state index in [9.17, 15) is 0 Å². The minimum Gasteiger partial charge on any atom is -0.338 e. The van der Waals surface area contributed by atoms with Crippen molar-refractivity contribution in [3.63, 3.8) is 0 Å². The van der Waals surface area contributed by atoms with E-state index in [4.69, 9.17) is 5.41 Å². The molecule has 0 saturated carbocycles. The van der Waals surface area contributed by atoms with E-state index in [1.165, 1.54) is 0 Å². The fourth-order valence-corrected chi connectivity index (χ4v) is 1.32. The first-order valence-electron chi connectivity index (χ1n) is 4.10.